The van der Waals surface area contributed by atoms with Crippen molar-refractivity contribution in [3.8, 4) is 0 Å². The molecule has 0 unspecified atom stereocenters. The molecule has 0 spiro atoms. The van der Waals surface area contributed by atoms with E-state index in [0.29, 0.717) is 0 Å². The van der Waals surface area contributed by atoms with Gasteiger partial charge in [0.15, 0.2) is 0 Å². The topological polar surface area (TPSA) is 55.1 Å². The average Bonchev–Trinajstić information content (AvgIpc) is 2.50. The molecule has 0 aliphatic rings. The van der Waals surface area contributed by atoms with E-state index in [9.17, 15) is 4.79 Å². The molecule has 15 heavy (non-hydrogen) atoms. The summed E-state index contributed by atoms with van der Waals surface area (Å²) in [5.41, 5.74) is 6.43. The zero-order chi connectivity index (χ0) is 11.5. The van der Waals surface area contributed by atoms with Crippen LogP contribution in [0.3, 0.4) is 0 Å². The Kier molecular flexibility index (Phi) is 3.88. The second kappa shape index (κ2) is 4.77. The fourth-order valence-electron chi connectivity index (χ4n) is 1.64. The Bertz CT molecular complexity index is 344. The number of thiophene rings is 1. The molecule has 0 fully saturated rings. The van der Waals surface area contributed by atoms with Gasteiger partial charge in [-0.15, -0.1) is 11.3 Å². The molecule has 1 aromatic rings. The molecule has 4 heteroatoms. The SMILES string of the molecule is Cc1ccsc1C(C)(C)CNCC(N)=O. The van der Waals surface area contributed by atoms with Crippen LogP contribution in [-0.4, -0.2) is 19.0 Å². The number of carbonyl (C=O) groups is 1. The molecule has 0 aliphatic heterocycles. The number of aryl methyl sites for hydroxylation is 1. The van der Waals surface area contributed by atoms with Gasteiger partial charge >= 0.3 is 0 Å². The second-order valence-electron chi connectivity index (χ2n) is 4.39. The molecule has 3 nitrogen and oxygen atoms in total. The van der Waals surface area contributed by atoms with Crippen LogP contribution in [0.5, 0.6) is 0 Å². The number of nitrogens with one attached hydrogen (secondary N) is 1. The predicted octanol–water partition coefficient (Wildman–Crippen LogP) is 1.41. The average molecular weight is 226 g/mol. The minimum Gasteiger partial charge on any atom is -0.369 e. The highest BCUT2D eigenvalue weighted by atomic mass is 32.1. The Balaban J connectivity index is 2.59. The Morgan fingerprint density at radius 1 is 1.60 bits per heavy atom. The van der Waals surface area contributed by atoms with Crippen LogP contribution < -0.4 is 11.1 Å². The van der Waals surface area contributed by atoms with Gasteiger partial charge in [-0.25, -0.2) is 0 Å². The fraction of sp³-hybridized carbons (Fsp3) is 0.545. The molecule has 1 aromatic heterocycles. The molecule has 0 atom stereocenters. The van der Waals surface area contributed by atoms with Gasteiger partial charge in [0.2, 0.25) is 5.91 Å². The lowest BCUT2D eigenvalue weighted by Gasteiger charge is -2.24. The third-order valence-electron chi connectivity index (χ3n) is 2.34. The van der Waals surface area contributed by atoms with Crippen molar-refractivity contribution in [1.29, 1.82) is 0 Å². The number of carbonyl (C=O) groups excluding carboxylic acids is 1. The van der Waals surface area contributed by atoms with Crippen LogP contribution in [0.15, 0.2) is 11.4 Å². The molecule has 84 valence electrons. The van der Waals surface area contributed by atoms with E-state index in [1.807, 2.05) is 0 Å². The van der Waals surface area contributed by atoms with Crippen molar-refractivity contribution in [2.75, 3.05) is 13.1 Å². The van der Waals surface area contributed by atoms with Gasteiger partial charge in [-0.05, 0) is 23.9 Å². The van der Waals surface area contributed by atoms with E-state index in [-0.39, 0.29) is 17.9 Å². The molecule has 3 N–H and O–H groups in total. The minimum absolute atomic E-state index is 0.0493. The van der Waals surface area contributed by atoms with E-state index < -0.39 is 0 Å². The highest BCUT2D eigenvalue weighted by molar-refractivity contribution is 7.10. The van der Waals surface area contributed by atoms with Crippen molar-refractivity contribution >= 4 is 17.2 Å². The van der Waals surface area contributed by atoms with Crippen LogP contribution >= 0.6 is 11.3 Å². The molecule has 0 aromatic carbocycles. The first kappa shape index (κ1) is 12.2. The van der Waals surface area contributed by atoms with Gasteiger partial charge < -0.3 is 11.1 Å². The van der Waals surface area contributed by atoms with Crippen molar-refractivity contribution < 1.29 is 4.79 Å². The van der Waals surface area contributed by atoms with Crippen LogP contribution in [0.25, 0.3) is 0 Å². The summed E-state index contributed by atoms with van der Waals surface area (Å²) < 4.78 is 0. The Morgan fingerprint density at radius 2 is 2.27 bits per heavy atom. The van der Waals surface area contributed by atoms with Crippen molar-refractivity contribution in [2.45, 2.75) is 26.2 Å². The van der Waals surface area contributed by atoms with Crippen LogP contribution in [0.2, 0.25) is 0 Å². The lowest BCUT2D eigenvalue weighted by atomic mass is 9.89. The van der Waals surface area contributed by atoms with Gasteiger partial charge in [-0.1, -0.05) is 13.8 Å². The van der Waals surface area contributed by atoms with Crippen LogP contribution in [0.1, 0.15) is 24.3 Å². The predicted molar refractivity (Wildman–Crippen MR) is 64.1 cm³/mol. The first-order valence-corrected chi connectivity index (χ1v) is 5.85. The molecule has 0 saturated carbocycles. The maximum Gasteiger partial charge on any atom is 0.231 e. The summed E-state index contributed by atoms with van der Waals surface area (Å²) in [6.45, 7) is 7.45. The van der Waals surface area contributed by atoms with Gasteiger partial charge in [-0.3, -0.25) is 4.79 Å². The smallest absolute Gasteiger partial charge is 0.231 e. The maximum atomic E-state index is 10.6. The molecule has 0 saturated heterocycles. The van der Waals surface area contributed by atoms with Crippen molar-refractivity contribution in [3.05, 3.63) is 21.9 Å². The van der Waals surface area contributed by atoms with Gasteiger partial charge in [0.1, 0.15) is 0 Å². The van der Waals surface area contributed by atoms with E-state index in [2.05, 4.69) is 37.5 Å². The van der Waals surface area contributed by atoms with E-state index in [0.717, 1.165) is 6.54 Å². The van der Waals surface area contributed by atoms with Gasteiger partial charge in [-0.2, -0.15) is 0 Å². The Labute approximate surface area is 94.7 Å². The third kappa shape index (κ3) is 3.32. The third-order valence-corrected chi connectivity index (χ3v) is 3.73. The second-order valence-corrected chi connectivity index (χ2v) is 5.30. The Morgan fingerprint density at radius 3 is 2.73 bits per heavy atom. The highest BCUT2D eigenvalue weighted by Gasteiger charge is 2.23. The molecule has 1 rings (SSSR count). The van der Waals surface area contributed by atoms with Gasteiger partial charge in [0.05, 0.1) is 6.54 Å². The molecular weight excluding hydrogens is 208 g/mol. The number of hydrogen-bond acceptors (Lipinski definition) is 3. The number of rotatable bonds is 5. The molecular formula is C11H18N2OS. The largest absolute Gasteiger partial charge is 0.369 e. The summed E-state index contributed by atoms with van der Waals surface area (Å²) in [6, 6.07) is 2.12. The molecule has 1 heterocycles. The van der Waals surface area contributed by atoms with Gasteiger partial charge in [0.25, 0.3) is 0 Å². The lowest BCUT2D eigenvalue weighted by Crippen LogP contribution is -2.37. The summed E-state index contributed by atoms with van der Waals surface area (Å²) in [6.07, 6.45) is 0. The number of nitrogens with two attached hydrogens (primary N) is 1. The van der Waals surface area contributed by atoms with Crippen LogP contribution in [-0.2, 0) is 10.2 Å². The zero-order valence-corrected chi connectivity index (χ0v) is 10.3. The van der Waals surface area contributed by atoms with E-state index >= 15 is 0 Å². The Hall–Kier alpha value is -0.870. The summed E-state index contributed by atoms with van der Waals surface area (Å²) >= 11 is 1.76. The molecule has 0 radical (unpaired) electrons. The van der Waals surface area contributed by atoms with Gasteiger partial charge in [0, 0.05) is 16.8 Å². The van der Waals surface area contributed by atoms with E-state index in [4.69, 9.17) is 5.73 Å². The summed E-state index contributed by atoms with van der Waals surface area (Å²) in [5.74, 6) is -0.311. The maximum absolute atomic E-state index is 10.6. The highest BCUT2D eigenvalue weighted by Crippen LogP contribution is 2.30. The normalized spacial score (nSPS) is 11.7. The van der Waals surface area contributed by atoms with Crippen molar-refractivity contribution in [2.24, 2.45) is 5.73 Å². The van der Waals surface area contributed by atoms with E-state index in [1.165, 1.54) is 10.4 Å². The van der Waals surface area contributed by atoms with Crippen LogP contribution in [0, 0.1) is 6.92 Å². The van der Waals surface area contributed by atoms with Crippen molar-refractivity contribution in [3.63, 3.8) is 0 Å². The minimum atomic E-state index is -0.311. The summed E-state index contributed by atoms with van der Waals surface area (Å²) in [5, 5.41) is 5.17. The summed E-state index contributed by atoms with van der Waals surface area (Å²) in [4.78, 5) is 12.0. The summed E-state index contributed by atoms with van der Waals surface area (Å²) in [7, 11) is 0. The molecule has 0 bridgehead atoms. The molecule has 1 amide bonds. The first-order valence-electron chi connectivity index (χ1n) is 4.97. The van der Waals surface area contributed by atoms with Crippen LogP contribution in [0.4, 0.5) is 0 Å². The number of amides is 1. The first-order chi connectivity index (χ1) is 6.93. The van der Waals surface area contributed by atoms with E-state index in [1.54, 1.807) is 11.3 Å². The van der Waals surface area contributed by atoms with Crippen molar-refractivity contribution in [1.82, 2.24) is 5.32 Å². The standard InChI is InChI=1S/C11H18N2OS/c1-8-4-5-15-10(8)11(2,3)7-13-6-9(12)14/h4-5,13H,6-7H2,1-3H3,(H2,12,14). The number of hydrogen-bond donors (Lipinski definition) is 2. The fourth-order valence-corrected chi connectivity index (χ4v) is 2.70. The monoisotopic (exact) mass is 226 g/mol. The lowest BCUT2D eigenvalue weighted by molar-refractivity contribution is -0.117. The zero-order valence-electron chi connectivity index (χ0n) is 9.46. The number of primary amides is 1. The molecule has 0 aliphatic carbocycles. The quantitative estimate of drug-likeness (QED) is 0.797.